The van der Waals surface area contributed by atoms with Crippen LogP contribution in [0, 0.1) is 5.92 Å². The molecule has 0 fully saturated rings. The highest BCUT2D eigenvalue weighted by Gasteiger charge is 2.14. The molecule has 0 saturated carbocycles. The van der Waals surface area contributed by atoms with Gasteiger partial charge in [-0.15, -0.1) is 0 Å². The number of aliphatic hydroxyl groups is 2. The summed E-state index contributed by atoms with van der Waals surface area (Å²) in [7, 11) is 0. The zero-order valence-corrected chi connectivity index (χ0v) is 7.16. The van der Waals surface area contributed by atoms with Gasteiger partial charge in [-0.25, -0.2) is 0 Å². The van der Waals surface area contributed by atoms with Gasteiger partial charge in [0, 0.05) is 5.92 Å². The van der Waals surface area contributed by atoms with Gasteiger partial charge < -0.3 is 10.2 Å². The molecule has 0 spiro atoms. The minimum atomic E-state index is -0.437. The standard InChI is InChI=1S/C5H11IO2/c1-3(4(2)7)5(6)8/h3-5,7-8H,1-2H3. The average Bonchev–Trinajstić information content (AvgIpc) is 1.64. The first kappa shape index (κ1) is 8.65. The highest BCUT2D eigenvalue weighted by molar-refractivity contribution is 14.1. The summed E-state index contributed by atoms with van der Waals surface area (Å²) in [6.07, 6.45) is -0.415. The summed E-state index contributed by atoms with van der Waals surface area (Å²) in [6.45, 7) is 3.48. The van der Waals surface area contributed by atoms with Crippen LogP contribution in [0.1, 0.15) is 13.8 Å². The van der Waals surface area contributed by atoms with Crippen LogP contribution in [0.4, 0.5) is 0 Å². The second kappa shape index (κ2) is 3.63. The lowest BCUT2D eigenvalue weighted by Gasteiger charge is -2.15. The summed E-state index contributed by atoms with van der Waals surface area (Å²) in [5.74, 6) is -0.0319. The Morgan fingerprint density at radius 3 is 1.62 bits per heavy atom. The van der Waals surface area contributed by atoms with Gasteiger partial charge in [-0.2, -0.15) is 0 Å². The second-order valence-corrected chi connectivity index (χ2v) is 3.25. The minimum Gasteiger partial charge on any atom is -0.393 e. The van der Waals surface area contributed by atoms with Crippen molar-refractivity contribution in [3.8, 4) is 0 Å². The molecule has 0 aliphatic carbocycles. The fourth-order valence-electron chi connectivity index (χ4n) is 0.230. The first-order valence-electron chi connectivity index (χ1n) is 2.56. The topological polar surface area (TPSA) is 40.5 Å². The summed E-state index contributed by atoms with van der Waals surface area (Å²) >= 11 is 1.88. The molecule has 0 aromatic heterocycles. The van der Waals surface area contributed by atoms with Crippen LogP contribution < -0.4 is 0 Å². The number of rotatable bonds is 2. The van der Waals surface area contributed by atoms with Gasteiger partial charge in [-0.3, -0.25) is 0 Å². The van der Waals surface area contributed by atoms with E-state index in [4.69, 9.17) is 10.2 Å². The average molecular weight is 230 g/mol. The lowest BCUT2D eigenvalue weighted by molar-refractivity contribution is 0.0828. The summed E-state index contributed by atoms with van der Waals surface area (Å²) in [6, 6.07) is 0. The van der Waals surface area contributed by atoms with Gasteiger partial charge in [-0.1, -0.05) is 29.5 Å². The fourth-order valence-corrected chi connectivity index (χ4v) is 0.831. The maximum absolute atomic E-state index is 8.83. The molecule has 2 nitrogen and oxygen atoms in total. The Labute approximate surface area is 63.0 Å². The Morgan fingerprint density at radius 1 is 1.25 bits per heavy atom. The lowest BCUT2D eigenvalue weighted by Crippen LogP contribution is -2.21. The van der Waals surface area contributed by atoms with Gasteiger partial charge in [-0.05, 0) is 6.92 Å². The molecule has 0 amide bonds. The highest BCUT2D eigenvalue weighted by atomic mass is 127. The van der Waals surface area contributed by atoms with Crippen molar-refractivity contribution in [1.29, 1.82) is 0 Å². The van der Waals surface area contributed by atoms with Crippen molar-refractivity contribution in [3.05, 3.63) is 0 Å². The number of hydrogen-bond acceptors (Lipinski definition) is 2. The molecule has 0 aromatic rings. The molecule has 3 unspecified atom stereocenters. The molecule has 0 radical (unpaired) electrons. The molecule has 0 heterocycles. The molecule has 50 valence electrons. The van der Waals surface area contributed by atoms with Crippen molar-refractivity contribution in [3.63, 3.8) is 0 Å². The van der Waals surface area contributed by atoms with Gasteiger partial charge in [0.1, 0.15) is 4.11 Å². The van der Waals surface area contributed by atoms with Crippen molar-refractivity contribution < 1.29 is 10.2 Å². The molecule has 2 N–H and O–H groups in total. The normalized spacial score (nSPS) is 22.1. The Kier molecular flexibility index (Phi) is 3.93. The second-order valence-electron chi connectivity index (χ2n) is 1.97. The van der Waals surface area contributed by atoms with E-state index in [1.165, 1.54) is 0 Å². The summed E-state index contributed by atoms with van der Waals surface area (Å²) in [5, 5.41) is 17.6. The monoisotopic (exact) mass is 230 g/mol. The predicted molar refractivity (Wildman–Crippen MR) is 40.9 cm³/mol. The first-order chi connectivity index (χ1) is 3.55. The molecule has 0 rings (SSSR count). The Bertz CT molecular complexity index is 55.4. The van der Waals surface area contributed by atoms with Crippen molar-refractivity contribution >= 4 is 22.6 Å². The van der Waals surface area contributed by atoms with Gasteiger partial charge in [0.2, 0.25) is 0 Å². The first-order valence-corrected chi connectivity index (χ1v) is 3.80. The van der Waals surface area contributed by atoms with E-state index in [9.17, 15) is 0 Å². The zero-order chi connectivity index (χ0) is 6.73. The van der Waals surface area contributed by atoms with Crippen LogP contribution >= 0.6 is 22.6 Å². The van der Waals surface area contributed by atoms with E-state index in [-0.39, 0.29) is 5.92 Å². The number of alkyl halides is 1. The number of hydrogen-bond donors (Lipinski definition) is 2. The summed E-state index contributed by atoms with van der Waals surface area (Å²) < 4.78 is -0.437. The fraction of sp³-hybridized carbons (Fsp3) is 1.00. The maximum atomic E-state index is 8.83. The van der Waals surface area contributed by atoms with Crippen LogP contribution in [0.2, 0.25) is 0 Å². The van der Waals surface area contributed by atoms with Crippen molar-refractivity contribution in [2.24, 2.45) is 5.92 Å². The molecule has 0 aliphatic rings. The third-order valence-corrected chi connectivity index (χ3v) is 2.33. The minimum absolute atomic E-state index is 0.0319. The van der Waals surface area contributed by atoms with E-state index in [2.05, 4.69) is 0 Å². The Hall–Kier alpha value is 0.650. The maximum Gasteiger partial charge on any atom is 0.110 e. The van der Waals surface area contributed by atoms with Gasteiger partial charge >= 0.3 is 0 Å². The molecular formula is C5H11IO2. The SMILES string of the molecule is CC(O)C(C)C(O)I. The van der Waals surface area contributed by atoms with E-state index in [1.54, 1.807) is 6.92 Å². The van der Waals surface area contributed by atoms with E-state index in [0.717, 1.165) is 0 Å². The van der Waals surface area contributed by atoms with Crippen LogP contribution in [0.25, 0.3) is 0 Å². The third kappa shape index (κ3) is 2.84. The third-order valence-electron chi connectivity index (χ3n) is 1.19. The summed E-state index contributed by atoms with van der Waals surface area (Å²) in [5.41, 5.74) is 0. The van der Waals surface area contributed by atoms with Crippen molar-refractivity contribution in [1.82, 2.24) is 0 Å². The van der Waals surface area contributed by atoms with Gasteiger partial charge in [0.15, 0.2) is 0 Å². The molecule has 3 atom stereocenters. The van der Waals surface area contributed by atoms with Gasteiger partial charge in [0.25, 0.3) is 0 Å². The molecule has 3 heteroatoms. The molecule has 0 aliphatic heterocycles. The Balaban J connectivity index is 3.46. The van der Waals surface area contributed by atoms with Crippen LogP contribution in [0.5, 0.6) is 0 Å². The predicted octanol–water partition coefficient (Wildman–Crippen LogP) is 0.757. The van der Waals surface area contributed by atoms with E-state index < -0.39 is 10.2 Å². The lowest BCUT2D eigenvalue weighted by atomic mass is 10.1. The van der Waals surface area contributed by atoms with E-state index in [0.29, 0.717) is 0 Å². The van der Waals surface area contributed by atoms with Crippen LogP contribution in [-0.2, 0) is 0 Å². The molecule has 0 bridgehead atoms. The van der Waals surface area contributed by atoms with E-state index >= 15 is 0 Å². The largest absolute Gasteiger partial charge is 0.393 e. The van der Waals surface area contributed by atoms with Crippen LogP contribution in [-0.4, -0.2) is 20.4 Å². The Morgan fingerprint density at radius 2 is 1.62 bits per heavy atom. The highest BCUT2D eigenvalue weighted by Crippen LogP contribution is 2.13. The van der Waals surface area contributed by atoms with E-state index in [1.807, 2.05) is 29.5 Å². The van der Waals surface area contributed by atoms with Crippen LogP contribution in [0.15, 0.2) is 0 Å². The smallest absolute Gasteiger partial charge is 0.110 e. The molecule has 0 saturated heterocycles. The molecule has 8 heavy (non-hydrogen) atoms. The van der Waals surface area contributed by atoms with Crippen molar-refractivity contribution in [2.45, 2.75) is 24.1 Å². The summed E-state index contributed by atoms with van der Waals surface area (Å²) in [4.78, 5) is 0. The quantitative estimate of drug-likeness (QED) is 0.543. The number of halogens is 1. The van der Waals surface area contributed by atoms with Crippen molar-refractivity contribution in [2.75, 3.05) is 0 Å². The number of aliphatic hydroxyl groups excluding tert-OH is 2. The zero-order valence-electron chi connectivity index (χ0n) is 5.00. The molecular weight excluding hydrogens is 219 g/mol. The molecule has 0 aromatic carbocycles. The van der Waals surface area contributed by atoms with Crippen LogP contribution in [0.3, 0.4) is 0 Å². The van der Waals surface area contributed by atoms with Gasteiger partial charge in [0.05, 0.1) is 6.10 Å².